The smallest absolute Gasteiger partial charge is 0.305 e. The summed E-state index contributed by atoms with van der Waals surface area (Å²) in [6, 6.07) is 9.98. The number of phenolic OH excluding ortho intramolecular Hbond substituents is 1. The molecule has 2 N–H and O–H groups in total. The number of rotatable bonds is 4. The van der Waals surface area contributed by atoms with Gasteiger partial charge in [0.05, 0.1) is 16.9 Å². The second-order valence-electron chi connectivity index (χ2n) is 8.50. The summed E-state index contributed by atoms with van der Waals surface area (Å²) in [6.07, 6.45) is -0.307. The summed E-state index contributed by atoms with van der Waals surface area (Å²) in [6.45, 7) is 6.49. The molecule has 2 atom stereocenters. The van der Waals surface area contributed by atoms with E-state index < -0.39 is 16.5 Å². The van der Waals surface area contributed by atoms with E-state index in [0.29, 0.717) is 27.8 Å². The summed E-state index contributed by atoms with van der Waals surface area (Å²) in [5.41, 5.74) is 1.95. The van der Waals surface area contributed by atoms with Crippen LogP contribution in [0.25, 0.3) is 0 Å². The first-order chi connectivity index (χ1) is 14.0. The van der Waals surface area contributed by atoms with Crippen molar-refractivity contribution in [2.45, 2.75) is 37.7 Å². The Morgan fingerprint density at radius 3 is 2.43 bits per heavy atom. The third-order valence-corrected chi connectivity index (χ3v) is 6.70. The summed E-state index contributed by atoms with van der Waals surface area (Å²) in [7, 11) is 0. The molecule has 2 aromatic carbocycles. The van der Waals surface area contributed by atoms with E-state index in [4.69, 9.17) is 23.2 Å². The number of carbonyl (C=O) groups is 2. The molecule has 0 saturated carbocycles. The zero-order chi connectivity index (χ0) is 22.2. The standard InChI is InChI=1S/C22H23Cl2NO4S/c1-22(2,3)11-25-17-7-4-12(23)8-15(17)20(14-6-5-13(26)9-16(14)24)30-18(21(25)29)10-19(27)28/h4-9,18,20,26H,10-11H2,1-3H3,(H,27,28). The molecular formula is C22H23Cl2NO4S. The molecule has 0 fully saturated rings. The van der Waals surface area contributed by atoms with Gasteiger partial charge in [0, 0.05) is 22.3 Å². The highest BCUT2D eigenvalue weighted by Crippen LogP contribution is 2.49. The van der Waals surface area contributed by atoms with Gasteiger partial charge >= 0.3 is 5.97 Å². The minimum atomic E-state index is -1.05. The number of thioether (sulfide) groups is 1. The molecule has 160 valence electrons. The molecule has 8 heteroatoms. The van der Waals surface area contributed by atoms with Gasteiger partial charge in [0.2, 0.25) is 5.91 Å². The average Bonchev–Trinajstić information content (AvgIpc) is 2.71. The fourth-order valence-electron chi connectivity index (χ4n) is 3.47. The molecule has 1 aliphatic rings. The van der Waals surface area contributed by atoms with Crippen molar-refractivity contribution in [1.82, 2.24) is 0 Å². The Hall–Kier alpha value is -1.89. The number of anilines is 1. The lowest BCUT2D eigenvalue weighted by Crippen LogP contribution is -2.42. The van der Waals surface area contributed by atoms with Gasteiger partial charge in [-0.3, -0.25) is 9.59 Å². The number of hydrogen-bond acceptors (Lipinski definition) is 4. The molecule has 0 bridgehead atoms. The van der Waals surface area contributed by atoms with Crippen LogP contribution in [0.2, 0.25) is 10.0 Å². The summed E-state index contributed by atoms with van der Waals surface area (Å²) >= 11 is 14.0. The van der Waals surface area contributed by atoms with Crippen LogP contribution >= 0.6 is 35.0 Å². The molecule has 2 unspecified atom stereocenters. The van der Waals surface area contributed by atoms with Crippen molar-refractivity contribution >= 4 is 52.5 Å². The topological polar surface area (TPSA) is 77.8 Å². The number of carbonyl (C=O) groups excluding carboxylic acids is 1. The van der Waals surface area contributed by atoms with E-state index in [1.807, 2.05) is 20.8 Å². The normalized spacial score (nSPS) is 19.4. The van der Waals surface area contributed by atoms with Crippen molar-refractivity contribution in [2.75, 3.05) is 11.4 Å². The second-order valence-corrected chi connectivity index (χ2v) is 10.7. The van der Waals surface area contributed by atoms with Gasteiger partial charge in [-0.1, -0.05) is 50.0 Å². The highest BCUT2D eigenvalue weighted by atomic mass is 35.5. The molecule has 1 heterocycles. The van der Waals surface area contributed by atoms with Gasteiger partial charge < -0.3 is 15.1 Å². The SMILES string of the molecule is CC(C)(C)CN1C(=O)C(CC(=O)O)SC(c2ccc(O)cc2Cl)c2cc(Cl)ccc21. The average molecular weight is 468 g/mol. The van der Waals surface area contributed by atoms with Crippen LogP contribution in [-0.4, -0.2) is 33.9 Å². The summed E-state index contributed by atoms with van der Waals surface area (Å²) in [4.78, 5) is 26.7. The van der Waals surface area contributed by atoms with Gasteiger partial charge in [0.15, 0.2) is 0 Å². The van der Waals surface area contributed by atoms with E-state index in [2.05, 4.69) is 0 Å². The highest BCUT2D eigenvalue weighted by Gasteiger charge is 2.39. The number of carboxylic acids is 1. The van der Waals surface area contributed by atoms with Crippen molar-refractivity contribution in [3.63, 3.8) is 0 Å². The predicted octanol–water partition coefficient (Wildman–Crippen LogP) is 5.76. The third kappa shape index (κ3) is 5.05. The Bertz CT molecular complexity index is 990. The number of amides is 1. The van der Waals surface area contributed by atoms with E-state index in [0.717, 1.165) is 5.56 Å². The number of nitrogens with zero attached hydrogens (tertiary/aromatic N) is 1. The van der Waals surface area contributed by atoms with Crippen LogP contribution < -0.4 is 4.90 Å². The lowest BCUT2D eigenvalue weighted by Gasteiger charge is -2.31. The summed E-state index contributed by atoms with van der Waals surface area (Å²) in [5.74, 6) is -1.27. The van der Waals surface area contributed by atoms with Gasteiger partial charge in [-0.2, -0.15) is 0 Å². The Morgan fingerprint density at radius 2 is 1.83 bits per heavy atom. The number of phenols is 1. The molecule has 0 radical (unpaired) electrons. The van der Waals surface area contributed by atoms with E-state index in [1.165, 1.54) is 23.9 Å². The first kappa shape index (κ1) is 22.8. The number of aromatic hydroxyl groups is 1. The maximum Gasteiger partial charge on any atom is 0.305 e. The van der Waals surface area contributed by atoms with Gasteiger partial charge in [0.25, 0.3) is 0 Å². The van der Waals surface area contributed by atoms with Crippen LogP contribution in [0, 0.1) is 5.41 Å². The number of benzene rings is 2. The lowest BCUT2D eigenvalue weighted by atomic mass is 9.94. The molecule has 0 aromatic heterocycles. The van der Waals surface area contributed by atoms with Gasteiger partial charge in [-0.25, -0.2) is 0 Å². The Kier molecular flexibility index (Phi) is 6.60. The number of fused-ring (bicyclic) bond motifs is 1. The van der Waals surface area contributed by atoms with Crippen LogP contribution in [0.3, 0.4) is 0 Å². The largest absolute Gasteiger partial charge is 0.508 e. The summed E-state index contributed by atoms with van der Waals surface area (Å²) in [5, 5.41) is 18.8. The molecule has 0 aliphatic carbocycles. The molecular weight excluding hydrogens is 445 g/mol. The molecule has 1 amide bonds. The van der Waals surface area contributed by atoms with Crippen LogP contribution in [0.15, 0.2) is 36.4 Å². The van der Waals surface area contributed by atoms with Crippen molar-refractivity contribution in [3.05, 3.63) is 57.6 Å². The fourth-order valence-corrected chi connectivity index (χ4v) is 5.50. The van der Waals surface area contributed by atoms with Crippen molar-refractivity contribution < 1.29 is 19.8 Å². The van der Waals surface area contributed by atoms with Gasteiger partial charge in [0.1, 0.15) is 5.75 Å². The summed E-state index contributed by atoms with van der Waals surface area (Å²) < 4.78 is 0. The molecule has 0 saturated heterocycles. The maximum atomic E-state index is 13.5. The number of carboxylic acid groups (broad SMARTS) is 1. The predicted molar refractivity (Wildman–Crippen MR) is 122 cm³/mol. The van der Waals surface area contributed by atoms with Crippen LogP contribution in [0.4, 0.5) is 5.69 Å². The van der Waals surface area contributed by atoms with Crippen LogP contribution in [0.1, 0.15) is 43.6 Å². The first-order valence-corrected chi connectivity index (χ1v) is 11.1. The van der Waals surface area contributed by atoms with Crippen molar-refractivity contribution in [1.29, 1.82) is 0 Å². The third-order valence-electron chi connectivity index (χ3n) is 4.66. The van der Waals surface area contributed by atoms with E-state index in [9.17, 15) is 19.8 Å². The Morgan fingerprint density at radius 1 is 1.13 bits per heavy atom. The van der Waals surface area contributed by atoms with Crippen LogP contribution in [0.5, 0.6) is 5.75 Å². The molecule has 30 heavy (non-hydrogen) atoms. The minimum absolute atomic E-state index is 0.0289. The molecule has 5 nitrogen and oxygen atoms in total. The second kappa shape index (κ2) is 8.69. The molecule has 1 aliphatic heterocycles. The van der Waals surface area contributed by atoms with E-state index >= 15 is 0 Å². The maximum absolute atomic E-state index is 13.5. The highest BCUT2D eigenvalue weighted by molar-refractivity contribution is 8.01. The Balaban J connectivity index is 2.23. The van der Waals surface area contributed by atoms with Gasteiger partial charge in [-0.15, -0.1) is 11.8 Å². The van der Waals surface area contributed by atoms with E-state index in [1.54, 1.807) is 29.2 Å². The first-order valence-electron chi connectivity index (χ1n) is 9.43. The number of aliphatic carboxylic acids is 1. The zero-order valence-corrected chi connectivity index (χ0v) is 19.2. The zero-order valence-electron chi connectivity index (χ0n) is 16.9. The fraction of sp³-hybridized carbons (Fsp3) is 0.364. The Labute approximate surface area is 190 Å². The van der Waals surface area contributed by atoms with Crippen LogP contribution in [-0.2, 0) is 9.59 Å². The minimum Gasteiger partial charge on any atom is -0.508 e. The molecule has 3 rings (SSSR count). The quantitative estimate of drug-likeness (QED) is 0.597. The lowest BCUT2D eigenvalue weighted by molar-refractivity contribution is -0.138. The number of hydrogen-bond donors (Lipinski definition) is 2. The number of halogens is 2. The van der Waals surface area contributed by atoms with E-state index in [-0.39, 0.29) is 23.5 Å². The van der Waals surface area contributed by atoms with Crippen molar-refractivity contribution in [3.8, 4) is 5.75 Å². The van der Waals surface area contributed by atoms with Gasteiger partial charge in [-0.05, 0) is 46.9 Å². The molecule has 2 aromatic rings. The van der Waals surface area contributed by atoms with Crippen molar-refractivity contribution in [2.24, 2.45) is 5.41 Å². The molecule has 0 spiro atoms. The monoisotopic (exact) mass is 467 g/mol.